The second kappa shape index (κ2) is 11.4. The van der Waals surface area contributed by atoms with Crippen molar-refractivity contribution in [2.24, 2.45) is 11.8 Å². The number of hydrogen-bond acceptors (Lipinski definition) is 5. The van der Waals surface area contributed by atoms with Gasteiger partial charge >= 0.3 is 12.1 Å². The predicted molar refractivity (Wildman–Crippen MR) is 130 cm³/mol. The van der Waals surface area contributed by atoms with Crippen molar-refractivity contribution < 1.29 is 29.0 Å². The lowest BCUT2D eigenvalue weighted by Gasteiger charge is -2.16. The Morgan fingerprint density at radius 2 is 1.71 bits per heavy atom. The molecule has 0 radical (unpaired) electrons. The van der Waals surface area contributed by atoms with Crippen molar-refractivity contribution in [3.63, 3.8) is 0 Å². The molecular weight excluding hydrogens is 448 g/mol. The van der Waals surface area contributed by atoms with Gasteiger partial charge in [0.05, 0.1) is 18.6 Å². The van der Waals surface area contributed by atoms with Gasteiger partial charge in [0.25, 0.3) is 0 Å². The molecule has 1 fully saturated rings. The summed E-state index contributed by atoms with van der Waals surface area (Å²) in [6, 6.07) is 16.4. The number of carbonyl (C=O) groups excluding carboxylic acids is 2. The first kappa shape index (κ1) is 24.7. The monoisotopic (exact) mass is 480 g/mol. The maximum Gasteiger partial charge on any atom is 0.407 e. The fourth-order valence-corrected chi connectivity index (χ4v) is 4.77. The number of nitrogens with one attached hydrogen (secondary N) is 2. The Labute approximate surface area is 205 Å². The Hall–Kier alpha value is -3.39. The third-order valence-electron chi connectivity index (χ3n) is 6.74. The van der Waals surface area contributed by atoms with E-state index in [1.54, 1.807) is 0 Å². The molecule has 35 heavy (non-hydrogen) atoms. The molecule has 1 aliphatic carbocycles. The van der Waals surface area contributed by atoms with Gasteiger partial charge in [-0.3, -0.25) is 9.59 Å². The van der Waals surface area contributed by atoms with Crippen molar-refractivity contribution >= 4 is 18.0 Å². The molecule has 0 bridgehead atoms. The molecule has 8 heteroatoms. The zero-order chi connectivity index (χ0) is 24.8. The smallest absolute Gasteiger partial charge is 0.407 e. The minimum Gasteiger partial charge on any atom is -0.481 e. The minimum absolute atomic E-state index is 0.00171. The van der Waals surface area contributed by atoms with Gasteiger partial charge in [0.1, 0.15) is 6.61 Å². The van der Waals surface area contributed by atoms with E-state index < -0.39 is 12.1 Å². The average Bonchev–Trinajstić information content (AvgIpc) is 3.46. The Kier molecular flexibility index (Phi) is 8.02. The van der Waals surface area contributed by atoms with Crippen molar-refractivity contribution in [2.45, 2.75) is 38.2 Å². The molecule has 3 N–H and O–H groups in total. The molecule has 1 aliphatic heterocycles. The summed E-state index contributed by atoms with van der Waals surface area (Å²) < 4.78 is 11.2. The van der Waals surface area contributed by atoms with Crippen LogP contribution in [0.1, 0.15) is 43.2 Å². The van der Waals surface area contributed by atoms with E-state index in [1.807, 2.05) is 31.2 Å². The Morgan fingerprint density at radius 3 is 2.37 bits per heavy atom. The molecule has 8 nitrogen and oxygen atoms in total. The second-order valence-electron chi connectivity index (χ2n) is 9.38. The highest BCUT2D eigenvalue weighted by atomic mass is 16.5. The van der Waals surface area contributed by atoms with Gasteiger partial charge in [0.2, 0.25) is 5.91 Å². The Morgan fingerprint density at radius 1 is 1.06 bits per heavy atom. The number of aliphatic carboxylic acids is 1. The lowest BCUT2D eigenvalue weighted by molar-refractivity contribution is -0.137. The van der Waals surface area contributed by atoms with E-state index in [4.69, 9.17) is 14.6 Å². The van der Waals surface area contributed by atoms with Crippen LogP contribution in [-0.2, 0) is 19.1 Å². The number of hydrogen-bond donors (Lipinski definition) is 3. The van der Waals surface area contributed by atoms with Gasteiger partial charge < -0.3 is 25.2 Å². The third-order valence-corrected chi connectivity index (χ3v) is 6.74. The number of fused-ring (bicyclic) bond motifs is 3. The van der Waals surface area contributed by atoms with Crippen LogP contribution in [0.3, 0.4) is 0 Å². The summed E-state index contributed by atoms with van der Waals surface area (Å²) in [5.74, 6) is -1.13. The summed E-state index contributed by atoms with van der Waals surface area (Å²) >= 11 is 0. The first-order valence-corrected chi connectivity index (χ1v) is 12.1. The summed E-state index contributed by atoms with van der Waals surface area (Å²) in [6.07, 6.45) is 0.363. The minimum atomic E-state index is -0.834. The SMILES string of the molecule is CC(CCC(=O)O)CNC(=O)[C@@H]1CO[C@H](CNC(=O)OCC2c3ccccc3-c3ccccc32)C1. The van der Waals surface area contributed by atoms with E-state index in [1.165, 1.54) is 11.1 Å². The molecule has 2 aliphatic rings. The van der Waals surface area contributed by atoms with Crippen LogP contribution >= 0.6 is 0 Å². The number of carboxylic acids is 1. The molecule has 2 amide bonds. The number of carboxylic acid groups (broad SMARTS) is 1. The normalized spacial score (nSPS) is 19.5. The summed E-state index contributed by atoms with van der Waals surface area (Å²) in [5.41, 5.74) is 4.67. The lowest BCUT2D eigenvalue weighted by Crippen LogP contribution is -2.35. The van der Waals surface area contributed by atoms with Crippen LogP contribution in [0.15, 0.2) is 48.5 Å². The van der Waals surface area contributed by atoms with Crippen molar-refractivity contribution in [1.29, 1.82) is 0 Å². The van der Waals surface area contributed by atoms with Crippen LogP contribution in [0.25, 0.3) is 11.1 Å². The van der Waals surface area contributed by atoms with Crippen LogP contribution in [-0.4, -0.2) is 55.5 Å². The first-order valence-electron chi connectivity index (χ1n) is 12.1. The number of benzene rings is 2. The molecule has 0 aromatic heterocycles. The fraction of sp³-hybridized carbons (Fsp3) is 0.444. The zero-order valence-corrected chi connectivity index (χ0v) is 19.9. The third kappa shape index (κ3) is 6.19. The summed E-state index contributed by atoms with van der Waals surface area (Å²) in [6.45, 7) is 3.17. The van der Waals surface area contributed by atoms with E-state index in [9.17, 15) is 14.4 Å². The molecule has 4 rings (SSSR count). The van der Waals surface area contributed by atoms with Crippen molar-refractivity contribution in [2.75, 3.05) is 26.3 Å². The number of rotatable bonds is 10. The predicted octanol–water partition coefficient (Wildman–Crippen LogP) is 3.55. The molecule has 2 aromatic rings. The van der Waals surface area contributed by atoms with Crippen LogP contribution in [0.4, 0.5) is 4.79 Å². The molecule has 0 saturated carbocycles. The lowest BCUT2D eigenvalue weighted by atomic mass is 9.98. The Balaban J connectivity index is 1.18. The van der Waals surface area contributed by atoms with Crippen LogP contribution in [0.5, 0.6) is 0 Å². The Bertz CT molecular complexity index is 1030. The highest BCUT2D eigenvalue weighted by Crippen LogP contribution is 2.44. The molecular formula is C27H32N2O6. The van der Waals surface area contributed by atoms with E-state index in [0.29, 0.717) is 26.0 Å². The number of ether oxygens (including phenoxy) is 2. The van der Waals surface area contributed by atoms with Crippen molar-refractivity contribution in [3.05, 3.63) is 59.7 Å². The van der Waals surface area contributed by atoms with Crippen molar-refractivity contribution in [1.82, 2.24) is 10.6 Å². The summed E-state index contributed by atoms with van der Waals surface area (Å²) in [5, 5.41) is 14.4. The van der Waals surface area contributed by atoms with E-state index in [-0.39, 0.29) is 49.3 Å². The molecule has 3 atom stereocenters. The maximum atomic E-state index is 12.4. The highest BCUT2D eigenvalue weighted by Gasteiger charge is 2.32. The fourth-order valence-electron chi connectivity index (χ4n) is 4.77. The molecule has 1 saturated heterocycles. The van der Waals surface area contributed by atoms with Gasteiger partial charge in [-0.25, -0.2) is 4.79 Å². The second-order valence-corrected chi connectivity index (χ2v) is 9.38. The van der Waals surface area contributed by atoms with Gasteiger partial charge in [-0.05, 0) is 41.0 Å². The summed E-state index contributed by atoms with van der Waals surface area (Å²) in [7, 11) is 0. The highest BCUT2D eigenvalue weighted by molar-refractivity contribution is 5.79. The van der Waals surface area contributed by atoms with E-state index >= 15 is 0 Å². The zero-order valence-electron chi connectivity index (χ0n) is 19.9. The largest absolute Gasteiger partial charge is 0.481 e. The van der Waals surface area contributed by atoms with Gasteiger partial charge in [-0.1, -0.05) is 55.5 Å². The number of alkyl carbamates (subject to hydrolysis) is 1. The first-order chi connectivity index (χ1) is 16.9. The van der Waals surface area contributed by atoms with E-state index in [0.717, 1.165) is 11.1 Å². The molecule has 1 unspecified atom stereocenters. The van der Waals surface area contributed by atoms with Gasteiger partial charge in [0, 0.05) is 25.4 Å². The standard InChI is InChI=1S/C27H32N2O6/c1-17(10-11-25(30)31)13-28-26(32)18-12-19(34-15-18)14-29-27(33)35-16-24-22-8-4-2-6-20(22)21-7-3-5-9-23(21)24/h2-9,17-19,24H,10-16H2,1H3,(H,28,32)(H,29,33)(H,30,31)/t17?,18-,19-/m0/s1. The van der Waals surface area contributed by atoms with Gasteiger partial charge in [-0.15, -0.1) is 0 Å². The average molecular weight is 481 g/mol. The van der Waals surface area contributed by atoms with Crippen LogP contribution in [0, 0.1) is 11.8 Å². The molecule has 1 heterocycles. The van der Waals surface area contributed by atoms with Crippen molar-refractivity contribution in [3.8, 4) is 11.1 Å². The van der Waals surface area contributed by atoms with Gasteiger partial charge in [0.15, 0.2) is 0 Å². The maximum absolute atomic E-state index is 12.4. The van der Waals surface area contributed by atoms with E-state index in [2.05, 4.69) is 34.9 Å². The van der Waals surface area contributed by atoms with Crippen LogP contribution in [0.2, 0.25) is 0 Å². The molecule has 2 aromatic carbocycles. The summed E-state index contributed by atoms with van der Waals surface area (Å²) in [4.78, 5) is 35.4. The topological polar surface area (TPSA) is 114 Å². The molecule has 186 valence electrons. The number of carbonyl (C=O) groups is 3. The van der Waals surface area contributed by atoms with Gasteiger partial charge in [-0.2, -0.15) is 0 Å². The number of amides is 2. The van der Waals surface area contributed by atoms with Crippen LogP contribution < -0.4 is 10.6 Å². The quantitative estimate of drug-likeness (QED) is 0.479. The molecule has 0 spiro atoms.